The van der Waals surface area contributed by atoms with Gasteiger partial charge in [-0.2, -0.15) is 0 Å². The molecule has 5 heteroatoms. The van der Waals surface area contributed by atoms with Gasteiger partial charge in [-0.05, 0) is 36.4 Å². The van der Waals surface area contributed by atoms with Crippen molar-refractivity contribution in [3.05, 3.63) is 58.0 Å². The van der Waals surface area contributed by atoms with E-state index in [-0.39, 0.29) is 0 Å². The Bertz CT molecular complexity index is 1040. The van der Waals surface area contributed by atoms with E-state index in [4.69, 9.17) is 16.0 Å². The second-order valence-electron chi connectivity index (χ2n) is 4.46. The van der Waals surface area contributed by atoms with E-state index >= 15 is 0 Å². The van der Waals surface area contributed by atoms with Gasteiger partial charge >= 0.3 is 5.63 Å². The Kier molecular flexibility index (Phi) is 2.28. The third-order valence-corrected chi connectivity index (χ3v) is 3.44. The average Bonchev–Trinajstić information content (AvgIpc) is 2.47. The molecule has 0 fully saturated rings. The molecular formula is C15H7ClN2O2. The standard InChI is InChI=1S/C15H7ClN2O2/c16-9-3-4-12-10(7-9)13-11(15(19)20-12)6-8-2-1-5-17-14(8)18-13/h1-7H. The quantitative estimate of drug-likeness (QED) is 0.281. The lowest BCUT2D eigenvalue weighted by atomic mass is 10.1. The first-order chi connectivity index (χ1) is 9.72. The number of aromatic nitrogens is 2. The molecule has 4 rings (SSSR count). The molecule has 3 aromatic heterocycles. The summed E-state index contributed by atoms with van der Waals surface area (Å²) in [6, 6.07) is 10.5. The van der Waals surface area contributed by atoms with Gasteiger partial charge in [0.25, 0.3) is 0 Å². The van der Waals surface area contributed by atoms with Gasteiger partial charge in [0.1, 0.15) is 5.58 Å². The number of benzene rings is 1. The van der Waals surface area contributed by atoms with Crippen LogP contribution in [0.4, 0.5) is 0 Å². The van der Waals surface area contributed by atoms with Crippen LogP contribution in [-0.2, 0) is 0 Å². The van der Waals surface area contributed by atoms with Gasteiger partial charge < -0.3 is 4.42 Å². The summed E-state index contributed by atoms with van der Waals surface area (Å²) in [4.78, 5) is 20.8. The summed E-state index contributed by atoms with van der Waals surface area (Å²) in [5.41, 5.74) is 1.21. The first-order valence-corrected chi connectivity index (χ1v) is 6.38. The van der Waals surface area contributed by atoms with Gasteiger partial charge in [-0.1, -0.05) is 11.6 Å². The Labute approximate surface area is 117 Å². The summed E-state index contributed by atoms with van der Waals surface area (Å²) in [6.45, 7) is 0. The molecule has 96 valence electrons. The fourth-order valence-corrected chi connectivity index (χ4v) is 2.47. The molecule has 4 nitrogen and oxygen atoms in total. The SMILES string of the molecule is O=c1oc2ccc(Cl)cc2c2nc3ncccc3cc12. The fraction of sp³-hybridized carbons (Fsp3) is 0. The summed E-state index contributed by atoms with van der Waals surface area (Å²) in [5.74, 6) is 0. The highest BCUT2D eigenvalue weighted by Gasteiger charge is 2.11. The first kappa shape index (κ1) is 11.4. The maximum atomic E-state index is 12.1. The van der Waals surface area contributed by atoms with Crippen LogP contribution in [-0.4, -0.2) is 9.97 Å². The van der Waals surface area contributed by atoms with Gasteiger partial charge in [0.15, 0.2) is 5.65 Å². The lowest BCUT2D eigenvalue weighted by Gasteiger charge is -2.03. The molecular weight excluding hydrogens is 276 g/mol. The van der Waals surface area contributed by atoms with Crippen LogP contribution in [0.25, 0.3) is 32.9 Å². The molecule has 3 heterocycles. The van der Waals surface area contributed by atoms with Gasteiger partial charge in [-0.15, -0.1) is 0 Å². The van der Waals surface area contributed by atoms with Gasteiger partial charge in [-0.3, -0.25) is 0 Å². The zero-order valence-electron chi connectivity index (χ0n) is 10.1. The Hall–Kier alpha value is -2.46. The van der Waals surface area contributed by atoms with Gasteiger partial charge in [0.05, 0.1) is 10.9 Å². The van der Waals surface area contributed by atoms with Crippen molar-refractivity contribution >= 4 is 44.5 Å². The molecule has 0 spiro atoms. The molecule has 0 saturated carbocycles. The second-order valence-corrected chi connectivity index (χ2v) is 4.90. The largest absolute Gasteiger partial charge is 0.422 e. The predicted molar refractivity (Wildman–Crippen MR) is 78.1 cm³/mol. The number of hydrogen-bond acceptors (Lipinski definition) is 4. The molecule has 0 saturated heterocycles. The molecule has 0 bridgehead atoms. The summed E-state index contributed by atoms with van der Waals surface area (Å²) in [5, 5.41) is 2.50. The molecule has 0 atom stereocenters. The Morgan fingerprint density at radius 1 is 1.10 bits per heavy atom. The number of halogens is 1. The van der Waals surface area contributed by atoms with E-state index in [1.165, 1.54) is 0 Å². The highest BCUT2D eigenvalue weighted by molar-refractivity contribution is 6.31. The molecule has 0 amide bonds. The molecule has 0 aliphatic heterocycles. The summed E-state index contributed by atoms with van der Waals surface area (Å²) < 4.78 is 5.30. The maximum Gasteiger partial charge on any atom is 0.345 e. The van der Waals surface area contributed by atoms with E-state index < -0.39 is 5.63 Å². The Morgan fingerprint density at radius 2 is 2.00 bits per heavy atom. The molecule has 0 N–H and O–H groups in total. The number of fused-ring (bicyclic) bond motifs is 4. The van der Waals surface area contributed by atoms with Crippen LogP contribution < -0.4 is 5.63 Å². The van der Waals surface area contributed by atoms with E-state index in [0.717, 1.165) is 5.39 Å². The zero-order chi connectivity index (χ0) is 13.7. The van der Waals surface area contributed by atoms with E-state index in [0.29, 0.717) is 32.5 Å². The highest BCUT2D eigenvalue weighted by Crippen LogP contribution is 2.26. The second kappa shape index (κ2) is 4.02. The van der Waals surface area contributed by atoms with Crippen molar-refractivity contribution < 1.29 is 4.42 Å². The topological polar surface area (TPSA) is 56.0 Å². The monoisotopic (exact) mass is 282 g/mol. The van der Waals surface area contributed by atoms with Crippen molar-refractivity contribution in [2.75, 3.05) is 0 Å². The Balaban J connectivity index is 2.32. The highest BCUT2D eigenvalue weighted by atomic mass is 35.5. The minimum atomic E-state index is -0.409. The van der Waals surface area contributed by atoms with Crippen LogP contribution in [0.3, 0.4) is 0 Å². The van der Waals surface area contributed by atoms with Gasteiger partial charge in [0.2, 0.25) is 0 Å². The summed E-state index contributed by atoms with van der Waals surface area (Å²) >= 11 is 6.01. The van der Waals surface area contributed by atoms with Crippen molar-refractivity contribution in [1.29, 1.82) is 0 Å². The molecule has 4 aromatic rings. The molecule has 0 unspecified atom stereocenters. The molecule has 0 radical (unpaired) electrons. The van der Waals surface area contributed by atoms with E-state index in [2.05, 4.69) is 9.97 Å². The maximum absolute atomic E-state index is 12.1. The van der Waals surface area contributed by atoms with Crippen LogP contribution in [0.15, 0.2) is 51.8 Å². The van der Waals surface area contributed by atoms with Crippen LogP contribution in [0, 0.1) is 0 Å². The summed E-state index contributed by atoms with van der Waals surface area (Å²) in [6.07, 6.45) is 1.67. The smallest absolute Gasteiger partial charge is 0.345 e. The number of pyridine rings is 2. The minimum Gasteiger partial charge on any atom is -0.422 e. The average molecular weight is 283 g/mol. The lowest BCUT2D eigenvalue weighted by molar-refractivity contribution is 0.569. The van der Waals surface area contributed by atoms with E-state index in [1.54, 1.807) is 36.5 Å². The first-order valence-electron chi connectivity index (χ1n) is 6.00. The number of nitrogens with zero attached hydrogens (tertiary/aromatic N) is 2. The van der Waals surface area contributed by atoms with Crippen LogP contribution in [0.5, 0.6) is 0 Å². The van der Waals surface area contributed by atoms with E-state index in [1.807, 2.05) is 6.07 Å². The fourth-order valence-electron chi connectivity index (χ4n) is 2.30. The number of rotatable bonds is 0. The van der Waals surface area contributed by atoms with Crippen LogP contribution in [0.1, 0.15) is 0 Å². The van der Waals surface area contributed by atoms with Crippen molar-refractivity contribution in [2.24, 2.45) is 0 Å². The number of hydrogen-bond donors (Lipinski definition) is 0. The third kappa shape index (κ3) is 1.58. The van der Waals surface area contributed by atoms with Crippen molar-refractivity contribution in [3.8, 4) is 0 Å². The molecule has 1 aromatic carbocycles. The third-order valence-electron chi connectivity index (χ3n) is 3.21. The van der Waals surface area contributed by atoms with Crippen molar-refractivity contribution in [1.82, 2.24) is 9.97 Å². The molecule has 20 heavy (non-hydrogen) atoms. The normalized spacial score (nSPS) is 11.4. The Morgan fingerprint density at radius 3 is 2.90 bits per heavy atom. The van der Waals surface area contributed by atoms with E-state index in [9.17, 15) is 4.79 Å². The minimum absolute atomic E-state index is 0.409. The molecule has 0 aliphatic rings. The van der Waals surface area contributed by atoms with Crippen molar-refractivity contribution in [2.45, 2.75) is 0 Å². The van der Waals surface area contributed by atoms with Gasteiger partial charge in [-0.25, -0.2) is 14.8 Å². The molecule has 0 aliphatic carbocycles. The van der Waals surface area contributed by atoms with Crippen LogP contribution >= 0.6 is 11.6 Å². The van der Waals surface area contributed by atoms with Gasteiger partial charge in [0, 0.05) is 22.0 Å². The summed E-state index contributed by atoms with van der Waals surface area (Å²) in [7, 11) is 0. The van der Waals surface area contributed by atoms with Crippen LogP contribution in [0.2, 0.25) is 5.02 Å². The lowest BCUT2D eigenvalue weighted by Crippen LogP contribution is -2.01. The van der Waals surface area contributed by atoms with Crippen molar-refractivity contribution in [3.63, 3.8) is 0 Å². The zero-order valence-corrected chi connectivity index (χ0v) is 10.9. The predicted octanol–water partition coefficient (Wildman–Crippen LogP) is 3.54.